The molecule has 1 aromatic rings. The minimum atomic E-state index is -0.204. The van der Waals surface area contributed by atoms with Crippen molar-refractivity contribution in [3.05, 3.63) is 42.5 Å². The van der Waals surface area contributed by atoms with E-state index in [9.17, 15) is 9.59 Å². The summed E-state index contributed by atoms with van der Waals surface area (Å²) in [5.41, 5.74) is 1.95. The summed E-state index contributed by atoms with van der Waals surface area (Å²) in [6.45, 7) is 6.04. The number of nitrogens with one attached hydrogen (secondary N) is 2. The molecule has 1 aliphatic carbocycles. The molecule has 0 saturated heterocycles. The summed E-state index contributed by atoms with van der Waals surface area (Å²) in [5.74, 6) is -0.521. The Balaban J connectivity index is 1.91. The lowest BCUT2D eigenvalue weighted by molar-refractivity contribution is -0.125. The molecule has 0 aliphatic heterocycles. The first-order valence-electron chi connectivity index (χ1n) is 6.94. The van der Waals surface area contributed by atoms with E-state index in [-0.39, 0.29) is 23.7 Å². The molecule has 0 radical (unpaired) electrons. The van der Waals surface area contributed by atoms with E-state index >= 15 is 0 Å². The average Bonchev–Trinajstić information content (AvgIpc) is 3.26. The number of anilines is 1. The standard InChI is InChI=1S/C16H20N2O2/c1-3-9-17-15(19)12-10-13(12)16(20)18-14-8-6-5-7-11(14)4-2/h3,5-8,12-13H,1,4,9-10H2,2H3,(H,17,19)(H,18,20). The molecule has 2 N–H and O–H groups in total. The van der Waals surface area contributed by atoms with E-state index in [1.54, 1.807) is 6.08 Å². The molecular formula is C16H20N2O2. The van der Waals surface area contributed by atoms with Crippen molar-refractivity contribution in [1.29, 1.82) is 0 Å². The number of aryl methyl sites for hydroxylation is 1. The van der Waals surface area contributed by atoms with Gasteiger partial charge in [-0.1, -0.05) is 31.2 Å². The van der Waals surface area contributed by atoms with Gasteiger partial charge >= 0.3 is 0 Å². The number of hydrogen-bond donors (Lipinski definition) is 2. The van der Waals surface area contributed by atoms with Crippen LogP contribution in [-0.2, 0) is 16.0 Å². The highest BCUT2D eigenvalue weighted by molar-refractivity contribution is 5.99. The Kier molecular flexibility index (Phi) is 4.56. The lowest BCUT2D eigenvalue weighted by Gasteiger charge is -2.09. The maximum absolute atomic E-state index is 12.1. The fraction of sp³-hybridized carbons (Fsp3) is 0.375. The van der Waals surface area contributed by atoms with Crippen LogP contribution in [0.3, 0.4) is 0 Å². The van der Waals surface area contributed by atoms with Gasteiger partial charge in [-0.05, 0) is 24.5 Å². The third-order valence-electron chi connectivity index (χ3n) is 3.54. The molecule has 106 valence electrons. The lowest BCUT2D eigenvalue weighted by atomic mass is 10.1. The number of carbonyl (C=O) groups excluding carboxylic acids is 2. The molecule has 0 heterocycles. The molecule has 1 aromatic carbocycles. The minimum absolute atomic E-state index is 0.0613. The van der Waals surface area contributed by atoms with Gasteiger partial charge in [-0.3, -0.25) is 9.59 Å². The molecule has 2 unspecified atom stereocenters. The van der Waals surface area contributed by atoms with Crippen molar-refractivity contribution < 1.29 is 9.59 Å². The van der Waals surface area contributed by atoms with Crippen LogP contribution in [0.25, 0.3) is 0 Å². The zero-order chi connectivity index (χ0) is 14.5. The van der Waals surface area contributed by atoms with Crippen LogP contribution < -0.4 is 10.6 Å². The first-order chi connectivity index (χ1) is 9.67. The molecule has 0 spiro atoms. The van der Waals surface area contributed by atoms with Gasteiger partial charge in [-0.2, -0.15) is 0 Å². The largest absolute Gasteiger partial charge is 0.352 e. The van der Waals surface area contributed by atoms with E-state index in [4.69, 9.17) is 0 Å². The van der Waals surface area contributed by atoms with E-state index in [0.717, 1.165) is 17.7 Å². The molecule has 2 rings (SSSR count). The van der Waals surface area contributed by atoms with E-state index in [1.807, 2.05) is 31.2 Å². The van der Waals surface area contributed by atoms with Gasteiger partial charge in [0.05, 0.1) is 11.8 Å². The van der Waals surface area contributed by atoms with Crippen molar-refractivity contribution in [2.24, 2.45) is 11.8 Å². The number of amides is 2. The Morgan fingerprint density at radius 1 is 1.30 bits per heavy atom. The topological polar surface area (TPSA) is 58.2 Å². The Morgan fingerprint density at radius 3 is 2.70 bits per heavy atom. The van der Waals surface area contributed by atoms with Crippen molar-refractivity contribution in [1.82, 2.24) is 5.32 Å². The number of para-hydroxylation sites is 1. The molecule has 2 amide bonds. The van der Waals surface area contributed by atoms with Gasteiger partial charge in [-0.25, -0.2) is 0 Å². The van der Waals surface area contributed by atoms with Crippen molar-refractivity contribution in [3.63, 3.8) is 0 Å². The van der Waals surface area contributed by atoms with Crippen LogP contribution in [0.1, 0.15) is 18.9 Å². The highest BCUT2D eigenvalue weighted by atomic mass is 16.2. The second kappa shape index (κ2) is 6.37. The summed E-state index contributed by atoms with van der Waals surface area (Å²) >= 11 is 0. The van der Waals surface area contributed by atoms with Crippen LogP contribution in [0.5, 0.6) is 0 Å². The Labute approximate surface area is 119 Å². The second-order valence-electron chi connectivity index (χ2n) is 4.98. The van der Waals surface area contributed by atoms with Gasteiger partial charge in [-0.15, -0.1) is 6.58 Å². The Morgan fingerprint density at radius 2 is 2.00 bits per heavy atom. The van der Waals surface area contributed by atoms with Crippen molar-refractivity contribution in [3.8, 4) is 0 Å². The summed E-state index contributed by atoms with van der Waals surface area (Å²) in [7, 11) is 0. The van der Waals surface area contributed by atoms with E-state index in [2.05, 4.69) is 17.2 Å². The molecule has 20 heavy (non-hydrogen) atoms. The van der Waals surface area contributed by atoms with Gasteiger partial charge in [0.25, 0.3) is 0 Å². The molecule has 0 aromatic heterocycles. The summed E-state index contributed by atoms with van der Waals surface area (Å²) in [6.07, 6.45) is 3.13. The van der Waals surface area contributed by atoms with E-state index in [0.29, 0.717) is 13.0 Å². The average molecular weight is 272 g/mol. The zero-order valence-electron chi connectivity index (χ0n) is 11.7. The molecule has 1 saturated carbocycles. The first kappa shape index (κ1) is 14.3. The smallest absolute Gasteiger partial charge is 0.228 e. The van der Waals surface area contributed by atoms with Crippen LogP contribution >= 0.6 is 0 Å². The van der Waals surface area contributed by atoms with Gasteiger partial charge in [0.15, 0.2) is 0 Å². The number of carbonyl (C=O) groups is 2. The quantitative estimate of drug-likeness (QED) is 0.779. The Bertz CT molecular complexity index is 525. The predicted molar refractivity (Wildman–Crippen MR) is 79.3 cm³/mol. The van der Waals surface area contributed by atoms with Crippen LogP contribution in [-0.4, -0.2) is 18.4 Å². The highest BCUT2D eigenvalue weighted by Crippen LogP contribution is 2.39. The molecule has 0 bridgehead atoms. The first-order valence-corrected chi connectivity index (χ1v) is 6.94. The second-order valence-corrected chi connectivity index (χ2v) is 4.98. The fourth-order valence-electron chi connectivity index (χ4n) is 2.25. The maximum atomic E-state index is 12.1. The third-order valence-corrected chi connectivity index (χ3v) is 3.54. The predicted octanol–water partition coefficient (Wildman–Crippen LogP) is 2.13. The zero-order valence-corrected chi connectivity index (χ0v) is 11.7. The van der Waals surface area contributed by atoms with Crippen LogP contribution in [0.2, 0.25) is 0 Å². The molecule has 4 nitrogen and oxygen atoms in total. The molecule has 1 fully saturated rings. The Hall–Kier alpha value is -2.10. The summed E-state index contributed by atoms with van der Waals surface area (Å²) in [5, 5.41) is 5.65. The molecule has 2 atom stereocenters. The summed E-state index contributed by atoms with van der Waals surface area (Å²) < 4.78 is 0. The van der Waals surface area contributed by atoms with Gasteiger partial charge in [0.1, 0.15) is 0 Å². The van der Waals surface area contributed by atoms with Crippen molar-refractivity contribution >= 4 is 17.5 Å². The van der Waals surface area contributed by atoms with Gasteiger partial charge in [0, 0.05) is 12.2 Å². The summed E-state index contributed by atoms with van der Waals surface area (Å²) in [6, 6.07) is 7.75. The number of rotatable bonds is 6. The molecule has 1 aliphatic rings. The van der Waals surface area contributed by atoms with E-state index in [1.165, 1.54) is 0 Å². The third kappa shape index (κ3) is 3.26. The normalized spacial score (nSPS) is 20.1. The van der Waals surface area contributed by atoms with Gasteiger partial charge in [0.2, 0.25) is 11.8 Å². The molecular weight excluding hydrogens is 252 g/mol. The van der Waals surface area contributed by atoms with E-state index < -0.39 is 0 Å². The van der Waals surface area contributed by atoms with Crippen LogP contribution in [0.15, 0.2) is 36.9 Å². The summed E-state index contributed by atoms with van der Waals surface area (Å²) in [4.78, 5) is 23.8. The number of hydrogen-bond acceptors (Lipinski definition) is 2. The fourth-order valence-corrected chi connectivity index (χ4v) is 2.25. The monoisotopic (exact) mass is 272 g/mol. The van der Waals surface area contributed by atoms with Crippen LogP contribution in [0.4, 0.5) is 5.69 Å². The SMILES string of the molecule is C=CCNC(=O)C1CC1C(=O)Nc1ccccc1CC. The van der Waals surface area contributed by atoms with Gasteiger partial charge < -0.3 is 10.6 Å². The minimum Gasteiger partial charge on any atom is -0.352 e. The van der Waals surface area contributed by atoms with Crippen LogP contribution in [0, 0.1) is 11.8 Å². The molecule has 4 heteroatoms. The lowest BCUT2D eigenvalue weighted by Crippen LogP contribution is -2.27. The highest BCUT2D eigenvalue weighted by Gasteiger charge is 2.47. The maximum Gasteiger partial charge on any atom is 0.228 e. The van der Waals surface area contributed by atoms with Crippen molar-refractivity contribution in [2.75, 3.05) is 11.9 Å². The van der Waals surface area contributed by atoms with Crippen molar-refractivity contribution in [2.45, 2.75) is 19.8 Å². The number of benzene rings is 1.